The lowest BCUT2D eigenvalue weighted by molar-refractivity contribution is -0.131. The van der Waals surface area contributed by atoms with Gasteiger partial charge < -0.3 is 5.11 Å². The molecule has 120 valence electrons. The Morgan fingerprint density at radius 1 is 1.35 bits per heavy atom. The fourth-order valence-corrected chi connectivity index (χ4v) is 3.36. The molecule has 1 aromatic heterocycles. The maximum Gasteiger partial charge on any atom is 0.348 e. The summed E-state index contributed by atoms with van der Waals surface area (Å²) in [7, 11) is 0. The highest BCUT2D eigenvalue weighted by atomic mass is 35.5. The SMILES string of the molecule is Cc1ccc2c(Cl)c(C(=O)NN=CC(Cl)=C(Cl)C(=O)O)sc2c1. The average molecular weight is 392 g/mol. The Bertz CT molecular complexity index is 858. The van der Waals surface area contributed by atoms with Crippen LogP contribution in [0.3, 0.4) is 0 Å². The van der Waals surface area contributed by atoms with Gasteiger partial charge in [-0.15, -0.1) is 11.3 Å². The number of carboxylic acid groups (broad SMARTS) is 1. The summed E-state index contributed by atoms with van der Waals surface area (Å²) in [6.07, 6.45) is 0.932. The van der Waals surface area contributed by atoms with Crippen molar-refractivity contribution in [1.29, 1.82) is 0 Å². The maximum atomic E-state index is 12.1. The first-order valence-electron chi connectivity index (χ1n) is 6.12. The highest BCUT2D eigenvalue weighted by molar-refractivity contribution is 7.21. The number of allylic oxidation sites excluding steroid dienone is 1. The normalized spacial score (nSPS) is 12.5. The second-order valence-electron chi connectivity index (χ2n) is 4.41. The molecule has 0 aliphatic rings. The Labute approximate surface area is 150 Å². The number of hydrogen-bond acceptors (Lipinski definition) is 4. The molecule has 1 aromatic carbocycles. The summed E-state index contributed by atoms with van der Waals surface area (Å²) in [5, 5.41) is 12.4. The Morgan fingerprint density at radius 3 is 2.70 bits per heavy atom. The number of benzene rings is 1. The van der Waals surface area contributed by atoms with Gasteiger partial charge in [-0.2, -0.15) is 5.10 Å². The molecular weight excluding hydrogens is 383 g/mol. The van der Waals surface area contributed by atoms with E-state index in [2.05, 4.69) is 10.5 Å². The third-order valence-electron chi connectivity index (χ3n) is 2.73. The zero-order chi connectivity index (χ0) is 17.1. The highest BCUT2D eigenvalue weighted by Crippen LogP contribution is 2.35. The van der Waals surface area contributed by atoms with Gasteiger partial charge in [-0.1, -0.05) is 46.9 Å². The Morgan fingerprint density at radius 2 is 2.04 bits per heavy atom. The van der Waals surface area contributed by atoms with Gasteiger partial charge in [-0.05, 0) is 18.6 Å². The molecule has 0 radical (unpaired) electrons. The van der Waals surface area contributed by atoms with Gasteiger partial charge in [0, 0.05) is 10.1 Å². The largest absolute Gasteiger partial charge is 0.477 e. The monoisotopic (exact) mass is 390 g/mol. The van der Waals surface area contributed by atoms with Crippen molar-refractivity contribution in [2.75, 3.05) is 0 Å². The molecule has 0 bridgehead atoms. The molecule has 9 heteroatoms. The van der Waals surface area contributed by atoms with E-state index in [0.717, 1.165) is 21.9 Å². The molecule has 2 aromatic rings. The van der Waals surface area contributed by atoms with E-state index in [0.29, 0.717) is 9.90 Å². The van der Waals surface area contributed by atoms with E-state index < -0.39 is 16.9 Å². The molecule has 23 heavy (non-hydrogen) atoms. The number of rotatable bonds is 4. The van der Waals surface area contributed by atoms with Crippen LogP contribution < -0.4 is 5.43 Å². The number of hydrazone groups is 1. The number of amides is 1. The predicted molar refractivity (Wildman–Crippen MR) is 93.9 cm³/mol. The van der Waals surface area contributed by atoms with Crippen LogP contribution in [0.25, 0.3) is 10.1 Å². The number of hydrogen-bond donors (Lipinski definition) is 2. The van der Waals surface area contributed by atoms with Crippen molar-refractivity contribution in [3.05, 3.63) is 43.7 Å². The van der Waals surface area contributed by atoms with E-state index in [-0.39, 0.29) is 5.03 Å². The molecule has 2 N–H and O–H groups in total. The van der Waals surface area contributed by atoms with Crippen LogP contribution in [0, 0.1) is 6.92 Å². The van der Waals surface area contributed by atoms with Crippen molar-refractivity contribution in [2.24, 2.45) is 5.10 Å². The fraction of sp³-hybridized carbons (Fsp3) is 0.0714. The molecule has 0 atom stereocenters. The summed E-state index contributed by atoms with van der Waals surface area (Å²) in [6, 6.07) is 5.67. The Kier molecular flexibility index (Phi) is 5.64. The topological polar surface area (TPSA) is 78.8 Å². The van der Waals surface area contributed by atoms with Gasteiger partial charge in [0.05, 0.1) is 16.3 Å². The van der Waals surface area contributed by atoms with Crippen molar-refractivity contribution in [3.8, 4) is 0 Å². The van der Waals surface area contributed by atoms with Gasteiger partial charge in [-0.25, -0.2) is 10.2 Å². The summed E-state index contributed by atoms with van der Waals surface area (Å²) in [5.41, 5.74) is 3.28. The first-order chi connectivity index (χ1) is 10.8. The molecule has 0 unspecified atom stereocenters. The number of aliphatic carboxylic acids is 1. The molecule has 0 fully saturated rings. The van der Waals surface area contributed by atoms with Crippen molar-refractivity contribution in [2.45, 2.75) is 6.92 Å². The molecule has 0 saturated heterocycles. The van der Waals surface area contributed by atoms with E-state index in [1.54, 1.807) is 0 Å². The number of thiophene rings is 1. The second-order valence-corrected chi connectivity index (χ2v) is 6.63. The summed E-state index contributed by atoms with van der Waals surface area (Å²) >= 11 is 18.5. The van der Waals surface area contributed by atoms with Gasteiger partial charge in [0.1, 0.15) is 9.91 Å². The number of aryl methyl sites for hydroxylation is 1. The minimum absolute atomic E-state index is 0.300. The number of carbonyl (C=O) groups excluding carboxylic acids is 1. The number of nitrogens with zero attached hydrogens (tertiary/aromatic N) is 1. The average Bonchev–Trinajstić information content (AvgIpc) is 2.82. The zero-order valence-corrected chi connectivity index (χ0v) is 14.6. The standard InChI is InChI=1S/C14H9Cl3N2O3S/c1-6-2-3-7-9(4-6)23-12(10(7)16)13(20)19-18-5-8(15)11(17)14(21)22/h2-5H,1H3,(H,19,20)(H,21,22). The molecule has 0 spiro atoms. The van der Waals surface area contributed by atoms with Crippen LogP contribution >= 0.6 is 46.1 Å². The van der Waals surface area contributed by atoms with E-state index in [9.17, 15) is 9.59 Å². The van der Waals surface area contributed by atoms with E-state index in [1.165, 1.54) is 11.3 Å². The number of fused-ring (bicyclic) bond motifs is 1. The fourth-order valence-electron chi connectivity index (χ4n) is 1.68. The first kappa shape index (κ1) is 17.7. The van der Waals surface area contributed by atoms with Crippen molar-refractivity contribution in [1.82, 2.24) is 5.43 Å². The summed E-state index contributed by atoms with van der Waals surface area (Å²) in [6.45, 7) is 1.94. The quantitative estimate of drug-likeness (QED) is 0.462. The minimum Gasteiger partial charge on any atom is -0.477 e. The van der Waals surface area contributed by atoms with Crippen LogP contribution in [0.15, 0.2) is 33.4 Å². The molecular formula is C14H9Cl3N2O3S. The number of carbonyl (C=O) groups is 2. The number of nitrogens with one attached hydrogen (secondary N) is 1. The van der Waals surface area contributed by atoms with Gasteiger partial charge in [0.25, 0.3) is 5.91 Å². The van der Waals surface area contributed by atoms with Crippen LogP contribution in [0.4, 0.5) is 0 Å². The summed E-state index contributed by atoms with van der Waals surface area (Å²) in [5.74, 6) is -1.92. The number of halogens is 3. The predicted octanol–water partition coefficient (Wildman–Crippen LogP) is 4.35. The van der Waals surface area contributed by atoms with E-state index in [1.807, 2.05) is 25.1 Å². The van der Waals surface area contributed by atoms with Gasteiger partial charge >= 0.3 is 5.97 Å². The minimum atomic E-state index is -1.39. The maximum absolute atomic E-state index is 12.1. The van der Waals surface area contributed by atoms with E-state index >= 15 is 0 Å². The van der Waals surface area contributed by atoms with Crippen LogP contribution in [0.1, 0.15) is 15.2 Å². The first-order valence-corrected chi connectivity index (χ1v) is 8.07. The second kappa shape index (κ2) is 7.31. The molecule has 0 aliphatic carbocycles. The molecule has 0 aliphatic heterocycles. The van der Waals surface area contributed by atoms with Crippen molar-refractivity contribution >= 4 is 74.3 Å². The smallest absolute Gasteiger partial charge is 0.348 e. The molecule has 5 nitrogen and oxygen atoms in total. The number of carboxylic acids is 1. The van der Waals surface area contributed by atoms with Crippen LogP contribution in [-0.4, -0.2) is 23.2 Å². The van der Waals surface area contributed by atoms with Crippen LogP contribution in [-0.2, 0) is 4.79 Å². The van der Waals surface area contributed by atoms with Crippen molar-refractivity contribution in [3.63, 3.8) is 0 Å². The van der Waals surface area contributed by atoms with Gasteiger partial charge in [0.2, 0.25) is 0 Å². The third-order valence-corrected chi connectivity index (χ3v) is 5.14. The van der Waals surface area contributed by atoms with Crippen LogP contribution in [0.5, 0.6) is 0 Å². The lowest BCUT2D eigenvalue weighted by atomic mass is 10.2. The Balaban J connectivity index is 2.20. The molecule has 1 amide bonds. The highest BCUT2D eigenvalue weighted by Gasteiger charge is 2.17. The molecule has 2 rings (SSSR count). The molecule has 1 heterocycles. The summed E-state index contributed by atoms with van der Waals surface area (Å²) < 4.78 is 0.885. The third kappa shape index (κ3) is 4.03. The lowest BCUT2D eigenvalue weighted by Crippen LogP contribution is -2.16. The van der Waals surface area contributed by atoms with E-state index in [4.69, 9.17) is 39.9 Å². The zero-order valence-electron chi connectivity index (χ0n) is 11.6. The lowest BCUT2D eigenvalue weighted by Gasteiger charge is -1.97. The Hall–Kier alpha value is -1.60. The molecule has 0 saturated carbocycles. The van der Waals surface area contributed by atoms with Crippen molar-refractivity contribution < 1.29 is 14.7 Å². The van der Waals surface area contributed by atoms with Crippen LogP contribution in [0.2, 0.25) is 5.02 Å². The van der Waals surface area contributed by atoms with Gasteiger partial charge in [-0.3, -0.25) is 4.79 Å². The summed E-state index contributed by atoms with van der Waals surface area (Å²) in [4.78, 5) is 23.0. The van der Waals surface area contributed by atoms with Gasteiger partial charge in [0.15, 0.2) is 0 Å².